The molecule has 2 aromatic rings. The molecule has 2 unspecified atom stereocenters. The van der Waals surface area contributed by atoms with Crippen molar-refractivity contribution < 1.29 is 0 Å². The SMILES string of the molecule is CN(C)CCCN1C(=S)NC(c2ccccn2)C1c1ccc[nH]1. The Balaban J connectivity index is 1.85. The van der Waals surface area contributed by atoms with Gasteiger partial charge in [-0.3, -0.25) is 4.98 Å². The smallest absolute Gasteiger partial charge is 0.170 e. The Morgan fingerprint density at radius 1 is 1.26 bits per heavy atom. The third-order valence-electron chi connectivity index (χ3n) is 4.14. The van der Waals surface area contributed by atoms with E-state index in [-0.39, 0.29) is 12.1 Å². The van der Waals surface area contributed by atoms with E-state index in [9.17, 15) is 0 Å². The van der Waals surface area contributed by atoms with Crippen molar-refractivity contribution in [3.05, 3.63) is 54.1 Å². The third-order valence-corrected chi connectivity index (χ3v) is 4.50. The number of nitrogens with zero attached hydrogens (tertiary/aromatic N) is 3. The number of aromatic amines is 1. The summed E-state index contributed by atoms with van der Waals surface area (Å²) in [5.41, 5.74) is 2.18. The third kappa shape index (κ3) is 3.54. The first kappa shape index (κ1) is 16.0. The molecule has 3 heterocycles. The Labute approximate surface area is 142 Å². The first-order valence-corrected chi connectivity index (χ1v) is 8.33. The van der Waals surface area contributed by atoms with Gasteiger partial charge in [0.1, 0.15) is 0 Å². The van der Waals surface area contributed by atoms with Crippen molar-refractivity contribution in [2.45, 2.75) is 18.5 Å². The van der Waals surface area contributed by atoms with Crippen molar-refractivity contribution in [3.63, 3.8) is 0 Å². The minimum atomic E-state index is 0.0710. The van der Waals surface area contributed by atoms with Gasteiger partial charge in [-0.05, 0) is 63.5 Å². The first-order valence-electron chi connectivity index (χ1n) is 7.93. The molecule has 1 fully saturated rings. The zero-order valence-corrected chi connectivity index (χ0v) is 14.4. The van der Waals surface area contributed by atoms with Crippen LogP contribution in [0.2, 0.25) is 0 Å². The van der Waals surface area contributed by atoms with Crippen LogP contribution < -0.4 is 5.32 Å². The number of aromatic nitrogens is 2. The van der Waals surface area contributed by atoms with Crippen molar-refractivity contribution in [1.82, 2.24) is 25.1 Å². The van der Waals surface area contributed by atoms with E-state index in [1.807, 2.05) is 30.6 Å². The molecule has 23 heavy (non-hydrogen) atoms. The van der Waals surface area contributed by atoms with Gasteiger partial charge in [-0.25, -0.2) is 0 Å². The van der Waals surface area contributed by atoms with Gasteiger partial charge in [-0.1, -0.05) is 6.07 Å². The van der Waals surface area contributed by atoms with Gasteiger partial charge in [0.15, 0.2) is 5.11 Å². The Bertz CT molecular complexity index is 626. The summed E-state index contributed by atoms with van der Waals surface area (Å²) in [4.78, 5) is 12.4. The predicted octanol–water partition coefficient (Wildman–Crippen LogP) is 2.33. The van der Waals surface area contributed by atoms with Crippen molar-refractivity contribution in [3.8, 4) is 0 Å². The molecule has 0 bridgehead atoms. The summed E-state index contributed by atoms with van der Waals surface area (Å²) >= 11 is 5.61. The number of pyridine rings is 1. The van der Waals surface area contributed by atoms with E-state index in [4.69, 9.17) is 12.2 Å². The summed E-state index contributed by atoms with van der Waals surface area (Å²) in [6, 6.07) is 10.4. The fourth-order valence-corrected chi connectivity index (χ4v) is 3.40. The summed E-state index contributed by atoms with van der Waals surface area (Å²) in [7, 11) is 4.19. The molecule has 122 valence electrons. The summed E-state index contributed by atoms with van der Waals surface area (Å²) in [5.74, 6) is 0. The molecule has 0 amide bonds. The second-order valence-electron chi connectivity index (χ2n) is 6.10. The summed E-state index contributed by atoms with van der Waals surface area (Å²) in [5, 5.41) is 4.26. The number of nitrogens with one attached hydrogen (secondary N) is 2. The topological polar surface area (TPSA) is 47.2 Å². The Hall–Kier alpha value is -1.92. The lowest BCUT2D eigenvalue weighted by atomic mass is 10.0. The molecule has 2 aromatic heterocycles. The van der Waals surface area contributed by atoms with Crippen LogP contribution in [-0.4, -0.2) is 52.1 Å². The maximum atomic E-state index is 5.61. The molecule has 5 nitrogen and oxygen atoms in total. The maximum absolute atomic E-state index is 5.61. The van der Waals surface area contributed by atoms with Crippen molar-refractivity contribution in [2.24, 2.45) is 0 Å². The van der Waals surface area contributed by atoms with Crippen LogP contribution in [0.25, 0.3) is 0 Å². The highest BCUT2D eigenvalue weighted by Crippen LogP contribution is 2.37. The van der Waals surface area contributed by atoms with Crippen LogP contribution in [0.5, 0.6) is 0 Å². The van der Waals surface area contributed by atoms with Crippen LogP contribution in [0.3, 0.4) is 0 Å². The highest BCUT2D eigenvalue weighted by molar-refractivity contribution is 7.80. The minimum Gasteiger partial charge on any atom is -0.363 e. The van der Waals surface area contributed by atoms with E-state index in [1.54, 1.807) is 0 Å². The average molecular weight is 329 g/mol. The Kier molecular flexibility index (Phi) is 4.93. The molecular formula is C17H23N5S. The molecule has 2 N–H and O–H groups in total. The summed E-state index contributed by atoms with van der Waals surface area (Å²) < 4.78 is 0. The van der Waals surface area contributed by atoms with Crippen molar-refractivity contribution >= 4 is 17.3 Å². The molecule has 1 saturated heterocycles. The molecule has 6 heteroatoms. The lowest BCUT2D eigenvalue weighted by molar-refractivity contribution is 0.289. The molecule has 0 aromatic carbocycles. The fraction of sp³-hybridized carbons (Fsp3) is 0.412. The number of rotatable bonds is 6. The standard InChI is InChI=1S/C17H23N5S/c1-21(2)11-6-12-22-16(14-8-5-10-19-14)15(20-17(22)23)13-7-3-4-9-18-13/h3-5,7-10,15-16,19H,6,11-12H2,1-2H3,(H,20,23). The molecule has 0 radical (unpaired) electrons. The van der Waals surface area contributed by atoms with Gasteiger partial charge >= 0.3 is 0 Å². The zero-order valence-electron chi connectivity index (χ0n) is 13.6. The second kappa shape index (κ2) is 7.10. The molecule has 0 spiro atoms. The van der Waals surface area contributed by atoms with Crippen LogP contribution in [-0.2, 0) is 0 Å². The summed E-state index contributed by atoms with van der Waals surface area (Å²) in [6.07, 6.45) is 4.87. The molecule has 1 aliphatic heterocycles. The van der Waals surface area contributed by atoms with E-state index in [0.29, 0.717) is 0 Å². The van der Waals surface area contributed by atoms with Gasteiger partial charge in [0.2, 0.25) is 0 Å². The highest BCUT2D eigenvalue weighted by Gasteiger charge is 2.39. The van der Waals surface area contributed by atoms with Gasteiger partial charge in [0.25, 0.3) is 0 Å². The quantitative estimate of drug-likeness (QED) is 0.797. The minimum absolute atomic E-state index is 0.0710. The van der Waals surface area contributed by atoms with E-state index in [1.165, 1.54) is 0 Å². The zero-order chi connectivity index (χ0) is 16.2. The summed E-state index contributed by atoms with van der Waals surface area (Å²) in [6.45, 7) is 1.97. The largest absolute Gasteiger partial charge is 0.363 e. The fourth-order valence-electron chi connectivity index (χ4n) is 3.07. The van der Waals surface area contributed by atoms with E-state index in [0.717, 1.165) is 36.0 Å². The molecule has 3 rings (SSSR count). The molecule has 2 atom stereocenters. The number of thiocarbonyl (C=S) groups is 1. The van der Waals surface area contributed by atoms with Gasteiger partial charge < -0.3 is 20.1 Å². The Morgan fingerprint density at radius 2 is 2.13 bits per heavy atom. The Morgan fingerprint density at radius 3 is 2.78 bits per heavy atom. The van der Waals surface area contributed by atoms with Crippen LogP contribution in [0.1, 0.15) is 29.9 Å². The van der Waals surface area contributed by atoms with Gasteiger partial charge in [0.05, 0.1) is 17.8 Å². The van der Waals surface area contributed by atoms with E-state index < -0.39 is 0 Å². The van der Waals surface area contributed by atoms with Crippen molar-refractivity contribution in [1.29, 1.82) is 0 Å². The van der Waals surface area contributed by atoms with Crippen LogP contribution in [0.4, 0.5) is 0 Å². The molecular weight excluding hydrogens is 306 g/mol. The second-order valence-corrected chi connectivity index (χ2v) is 6.49. The van der Waals surface area contributed by atoms with Gasteiger partial charge in [-0.15, -0.1) is 0 Å². The normalized spacial score (nSPS) is 21.0. The number of H-pyrrole nitrogens is 1. The molecule has 1 aliphatic rings. The van der Waals surface area contributed by atoms with Crippen LogP contribution in [0, 0.1) is 0 Å². The van der Waals surface area contributed by atoms with E-state index >= 15 is 0 Å². The van der Waals surface area contributed by atoms with Crippen LogP contribution in [0.15, 0.2) is 42.7 Å². The average Bonchev–Trinajstić information content (AvgIpc) is 3.16. The van der Waals surface area contributed by atoms with Crippen LogP contribution >= 0.6 is 12.2 Å². The monoisotopic (exact) mass is 329 g/mol. The highest BCUT2D eigenvalue weighted by atomic mass is 32.1. The first-order chi connectivity index (χ1) is 11.2. The maximum Gasteiger partial charge on any atom is 0.170 e. The number of hydrogen-bond acceptors (Lipinski definition) is 3. The predicted molar refractivity (Wildman–Crippen MR) is 96.1 cm³/mol. The number of hydrogen-bond donors (Lipinski definition) is 2. The molecule has 0 saturated carbocycles. The molecule has 0 aliphatic carbocycles. The van der Waals surface area contributed by atoms with Crippen molar-refractivity contribution in [2.75, 3.05) is 27.2 Å². The van der Waals surface area contributed by atoms with Gasteiger partial charge in [0, 0.05) is 24.6 Å². The van der Waals surface area contributed by atoms with E-state index in [2.05, 4.69) is 51.3 Å². The lowest BCUT2D eigenvalue weighted by Gasteiger charge is -2.27. The lowest BCUT2D eigenvalue weighted by Crippen LogP contribution is -2.32. The van der Waals surface area contributed by atoms with Gasteiger partial charge in [-0.2, -0.15) is 0 Å².